The van der Waals surface area contributed by atoms with Crippen LogP contribution in [0.15, 0.2) is 85.5 Å². The summed E-state index contributed by atoms with van der Waals surface area (Å²) in [4.78, 5) is 28.4. The number of phenols is 1. The number of nitrogens with zero attached hydrogens (tertiary/aromatic N) is 7. The average Bonchev–Trinajstić information content (AvgIpc) is 3.67. The second kappa shape index (κ2) is 9.87. The summed E-state index contributed by atoms with van der Waals surface area (Å²) < 4.78 is 7.80. The van der Waals surface area contributed by atoms with Crippen LogP contribution in [-0.2, 0) is 4.74 Å². The van der Waals surface area contributed by atoms with Gasteiger partial charge < -0.3 is 9.84 Å². The van der Waals surface area contributed by atoms with Crippen molar-refractivity contribution in [2.75, 3.05) is 7.11 Å². The molecule has 0 saturated carbocycles. The number of methoxy groups -OCH3 is 1. The Bertz CT molecular complexity index is 1930. The van der Waals surface area contributed by atoms with E-state index >= 15 is 0 Å². The van der Waals surface area contributed by atoms with E-state index in [0.29, 0.717) is 28.1 Å². The molecule has 0 amide bonds. The Labute approximate surface area is 227 Å². The standard InChI is InChI=1S/C29H21N7O4/c1-17(37)21-5-3-7-23-22(21)6-4-8-26(23)35-15-24(31-33-35)19-11-20(14-30-13-19)25-16-36(34-32-25)27-12-18(29(39)40-2)9-10-28(27)38/h3-16,38H,1-2H3. The largest absolute Gasteiger partial charge is 0.506 e. The van der Waals surface area contributed by atoms with Gasteiger partial charge in [-0.05, 0) is 42.6 Å². The van der Waals surface area contributed by atoms with Gasteiger partial charge in [-0.2, -0.15) is 0 Å². The number of benzene rings is 3. The number of hydrogen-bond donors (Lipinski definition) is 1. The van der Waals surface area contributed by atoms with Gasteiger partial charge >= 0.3 is 5.97 Å². The summed E-state index contributed by atoms with van der Waals surface area (Å²) in [6.45, 7) is 1.55. The molecule has 0 spiro atoms. The number of aromatic hydroxyl groups is 1. The molecule has 3 heterocycles. The topological polar surface area (TPSA) is 138 Å². The molecule has 0 unspecified atom stereocenters. The highest BCUT2D eigenvalue weighted by atomic mass is 16.5. The van der Waals surface area contributed by atoms with Crippen molar-refractivity contribution in [3.05, 3.63) is 96.6 Å². The van der Waals surface area contributed by atoms with Crippen molar-refractivity contribution in [2.24, 2.45) is 0 Å². The molecule has 0 saturated heterocycles. The van der Waals surface area contributed by atoms with Crippen LogP contribution in [0.5, 0.6) is 5.75 Å². The van der Waals surface area contributed by atoms with Crippen LogP contribution in [0.25, 0.3) is 44.7 Å². The van der Waals surface area contributed by atoms with Crippen molar-refractivity contribution in [2.45, 2.75) is 6.92 Å². The molecule has 0 aliphatic rings. The van der Waals surface area contributed by atoms with Gasteiger partial charge in [0, 0.05) is 34.5 Å². The van der Waals surface area contributed by atoms with Gasteiger partial charge in [0.1, 0.15) is 22.8 Å². The van der Waals surface area contributed by atoms with E-state index < -0.39 is 5.97 Å². The SMILES string of the molecule is COC(=O)c1ccc(O)c(-n2cc(-c3cncc(-c4cn(-c5cccc6c(C(C)=O)cccc56)nn4)c3)nn2)c1. The van der Waals surface area contributed by atoms with E-state index in [2.05, 4.69) is 25.6 Å². The third kappa shape index (κ3) is 4.35. The number of aromatic nitrogens is 7. The van der Waals surface area contributed by atoms with E-state index in [9.17, 15) is 14.7 Å². The molecule has 6 aromatic rings. The predicted molar refractivity (Wildman–Crippen MR) is 145 cm³/mol. The quantitative estimate of drug-likeness (QED) is 0.244. The van der Waals surface area contributed by atoms with Gasteiger partial charge in [-0.1, -0.05) is 40.8 Å². The summed E-state index contributed by atoms with van der Waals surface area (Å²) in [5.41, 5.74) is 4.44. The third-order valence-electron chi connectivity index (χ3n) is 6.49. The van der Waals surface area contributed by atoms with Crippen LogP contribution >= 0.6 is 0 Å². The number of phenolic OH excluding ortho intramolecular Hbond substituents is 1. The third-order valence-corrected chi connectivity index (χ3v) is 6.49. The van der Waals surface area contributed by atoms with Crippen molar-refractivity contribution in [3.63, 3.8) is 0 Å². The Hall–Kier alpha value is -5.71. The van der Waals surface area contributed by atoms with E-state index in [1.807, 2.05) is 42.5 Å². The monoisotopic (exact) mass is 531 g/mol. The molecule has 1 N–H and O–H groups in total. The molecule has 0 radical (unpaired) electrons. The molecule has 6 rings (SSSR count). The maximum Gasteiger partial charge on any atom is 0.337 e. The Balaban J connectivity index is 1.33. The fourth-order valence-corrected chi connectivity index (χ4v) is 4.50. The lowest BCUT2D eigenvalue weighted by atomic mass is 10.0. The lowest BCUT2D eigenvalue weighted by Crippen LogP contribution is -2.03. The molecule has 3 aromatic heterocycles. The summed E-state index contributed by atoms with van der Waals surface area (Å²) in [6, 6.07) is 17.5. The smallest absolute Gasteiger partial charge is 0.337 e. The highest BCUT2D eigenvalue weighted by molar-refractivity contribution is 6.08. The van der Waals surface area contributed by atoms with E-state index in [4.69, 9.17) is 4.74 Å². The number of ether oxygens (including phenoxy) is 1. The number of esters is 1. The average molecular weight is 532 g/mol. The van der Waals surface area contributed by atoms with Gasteiger partial charge in [0.2, 0.25) is 0 Å². The zero-order valence-electron chi connectivity index (χ0n) is 21.4. The van der Waals surface area contributed by atoms with Crippen LogP contribution in [0, 0.1) is 0 Å². The summed E-state index contributed by atoms with van der Waals surface area (Å²) in [5.74, 6) is -0.612. The molecule has 0 aliphatic heterocycles. The Morgan fingerprint density at radius 2 is 1.45 bits per heavy atom. The molecule has 0 atom stereocenters. The minimum atomic E-state index is -0.533. The molecule has 3 aromatic carbocycles. The van der Waals surface area contributed by atoms with Crippen molar-refractivity contribution in [1.82, 2.24) is 35.0 Å². The first-order chi connectivity index (χ1) is 19.4. The molecular formula is C29H21N7O4. The van der Waals surface area contributed by atoms with Crippen LogP contribution in [0.3, 0.4) is 0 Å². The van der Waals surface area contributed by atoms with Crippen LogP contribution in [0.4, 0.5) is 0 Å². The number of Topliss-reactive ketones (excluding diaryl/α,β-unsaturated/α-hetero) is 1. The van der Waals surface area contributed by atoms with Gasteiger partial charge in [0.25, 0.3) is 0 Å². The predicted octanol–water partition coefficient (Wildman–Crippen LogP) is 4.43. The fraction of sp³-hybridized carbons (Fsp3) is 0.0690. The van der Waals surface area contributed by atoms with Gasteiger partial charge in [-0.15, -0.1) is 10.2 Å². The van der Waals surface area contributed by atoms with E-state index in [0.717, 1.165) is 16.5 Å². The van der Waals surface area contributed by atoms with E-state index in [-0.39, 0.29) is 22.8 Å². The number of pyridine rings is 1. The van der Waals surface area contributed by atoms with Gasteiger partial charge in [0.05, 0.1) is 30.8 Å². The number of fused-ring (bicyclic) bond motifs is 1. The maximum absolute atomic E-state index is 12.1. The number of ketones is 1. The lowest BCUT2D eigenvalue weighted by Gasteiger charge is -2.08. The summed E-state index contributed by atoms with van der Waals surface area (Å²) in [7, 11) is 1.29. The zero-order valence-corrected chi connectivity index (χ0v) is 21.4. The van der Waals surface area contributed by atoms with Crippen molar-refractivity contribution in [1.29, 1.82) is 0 Å². The minimum absolute atomic E-state index is 0.00627. The van der Waals surface area contributed by atoms with E-state index in [1.165, 1.54) is 30.0 Å². The molecule has 0 fully saturated rings. The number of rotatable bonds is 6. The Morgan fingerprint density at radius 1 is 0.800 bits per heavy atom. The molecule has 11 heteroatoms. The van der Waals surface area contributed by atoms with Gasteiger partial charge in [-0.25, -0.2) is 14.2 Å². The first-order valence-corrected chi connectivity index (χ1v) is 12.2. The fourth-order valence-electron chi connectivity index (χ4n) is 4.50. The number of carbonyl (C=O) groups is 2. The molecule has 196 valence electrons. The van der Waals surface area contributed by atoms with Crippen LogP contribution in [0.2, 0.25) is 0 Å². The summed E-state index contributed by atoms with van der Waals surface area (Å²) in [5, 5.41) is 29.1. The highest BCUT2D eigenvalue weighted by Gasteiger charge is 2.15. The van der Waals surface area contributed by atoms with E-state index in [1.54, 1.807) is 36.4 Å². The second-order valence-electron chi connectivity index (χ2n) is 8.99. The van der Waals surface area contributed by atoms with Crippen molar-refractivity contribution >= 4 is 22.5 Å². The Kier molecular flexibility index (Phi) is 6.08. The zero-order chi connectivity index (χ0) is 27.8. The van der Waals surface area contributed by atoms with Crippen LogP contribution in [-0.4, -0.2) is 58.9 Å². The Morgan fingerprint density at radius 3 is 2.12 bits per heavy atom. The summed E-state index contributed by atoms with van der Waals surface area (Å²) >= 11 is 0. The maximum atomic E-state index is 12.1. The molecule has 0 aliphatic carbocycles. The summed E-state index contributed by atoms with van der Waals surface area (Å²) in [6.07, 6.45) is 6.73. The second-order valence-corrected chi connectivity index (χ2v) is 8.99. The molecule has 40 heavy (non-hydrogen) atoms. The van der Waals surface area contributed by atoms with Crippen molar-refractivity contribution in [3.8, 4) is 39.6 Å². The highest BCUT2D eigenvalue weighted by Crippen LogP contribution is 2.29. The number of hydrogen-bond acceptors (Lipinski definition) is 9. The molecule has 0 bridgehead atoms. The molecule has 11 nitrogen and oxygen atoms in total. The minimum Gasteiger partial charge on any atom is -0.506 e. The molecular weight excluding hydrogens is 510 g/mol. The van der Waals surface area contributed by atoms with Crippen LogP contribution in [0.1, 0.15) is 27.6 Å². The first-order valence-electron chi connectivity index (χ1n) is 12.2. The van der Waals surface area contributed by atoms with Crippen molar-refractivity contribution < 1.29 is 19.4 Å². The lowest BCUT2D eigenvalue weighted by molar-refractivity contribution is 0.0600. The normalized spacial score (nSPS) is 11.1. The first kappa shape index (κ1) is 24.6. The van der Waals surface area contributed by atoms with Gasteiger partial charge in [0.15, 0.2) is 5.78 Å². The number of carbonyl (C=O) groups excluding carboxylic acids is 2. The van der Waals surface area contributed by atoms with Crippen LogP contribution < -0.4 is 0 Å². The van der Waals surface area contributed by atoms with Gasteiger partial charge in [-0.3, -0.25) is 9.78 Å².